The van der Waals surface area contributed by atoms with Crippen molar-refractivity contribution < 1.29 is 19.4 Å². The molecule has 9 heteroatoms. The number of methoxy groups -OCH3 is 1. The van der Waals surface area contributed by atoms with Crippen molar-refractivity contribution in [2.45, 2.75) is 0 Å². The Kier molecular flexibility index (Phi) is 8.68. The number of phenols is 1. The standard InChI is InChI=1S/C31H31ClN4O4/c1-39-25-6-4-5-24(20-25)36-15-13-35(14-16-36)17-18-40-30-12-10-23(26-7-2-3-8-27(26)30)21-33-34-31(38)22-9-11-29(37)28(32)19-22/h2-12,19-21,37H,13-18H2,1H3,(H,34,38)/b33-21+. The minimum absolute atomic E-state index is 0.0810. The van der Waals surface area contributed by atoms with Crippen LogP contribution in [0.4, 0.5) is 5.69 Å². The van der Waals surface area contributed by atoms with Gasteiger partial charge < -0.3 is 19.5 Å². The molecule has 0 bridgehead atoms. The van der Waals surface area contributed by atoms with E-state index >= 15 is 0 Å². The summed E-state index contributed by atoms with van der Waals surface area (Å²) in [5.41, 5.74) is 4.85. The maximum absolute atomic E-state index is 12.4. The van der Waals surface area contributed by atoms with Gasteiger partial charge in [-0.1, -0.05) is 41.9 Å². The zero-order valence-corrected chi connectivity index (χ0v) is 23.0. The molecule has 206 valence electrons. The number of aromatic hydroxyl groups is 1. The fourth-order valence-corrected chi connectivity index (χ4v) is 4.91. The highest BCUT2D eigenvalue weighted by molar-refractivity contribution is 6.32. The lowest BCUT2D eigenvalue weighted by atomic mass is 10.0. The summed E-state index contributed by atoms with van der Waals surface area (Å²) in [6.07, 6.45) is 1.60. The molecular weight excluding hydrogens is 528 g/mol. The number of hydrogen-bond acceptors (Lipinski definition) is 7. The highest BCUT2D eigenvalue weighted by atomic mass is 35.5. The van der Waals surface area contributed by atoms with Crippen LogP contribution in [0.1, 0.15) is 15.9 Å². The zero-order valence-electron chi connectivity index (χ0n) is 22.2. The van der Waals surface area contributed by atoms with E-state index in [0.717, 1.165) is 60.6 Å². The maximum Gasteiger partial charge on any atom is 0.271 e. The van der Waals surface area contributed by atoms with Crippen LogP contribution in [0.15, 0.2) is 84.0 Å². The number of rotatable bonds is 9. The Morgan fingerprint density at radius 2 is 1.80 bits per heavy atom. The van der Waals surface area contributed by atoms with Crippen LogP contribution in [0.3, 0.4) is 0 Å². The van der Waals surface area contributed by atoms with E-state index in [1.165, 1.54) is 23.9 Å². The van der Waals surface area contributed by atoms with Gasteiger partial charge in [-0.15, -0.1) is 0 Å². The number of nitrogens with zero attached hydrogens (tertiary/aromatic N) is 3. The van der Waals surface area contributed by atoms with E-state index in [9.17, 15) is 9.90 Å². The van der Waals surface area contributed by atoms with Gasteiger partial charge in [-0.2, -0.15) is 5.10 Å². The summed E-state index contributed by atoms with van der Waals surface area (Å²) in [6, 6.07) is 24.3. The second kappa shape index (κ2) is 12.7. The summed E-state index contributed by atoms with van der Waals surface area (Å²) in [7, 11) is 1.69. The Balaban J connectivity index is 1.16. The number of piperazine rings is 1. The molecule has 8 nitrogen and oxygen atoms in total. The third-order valence-electron chi connectivity index (χ3n) is 6.95. The quantitative estimate of drug-likeness (QED) is 0.218. The summed E-state index contributed by atoms with van der Waals surface area (Å²) in [6.45, 7) is 5.29. The van der Waals surface area contributed by atoms with Crippen LogP contribution in [0.2, 0.25) is 5.02 Å². The van der Waals surface area contributed by atoms with Crippen molar-refractivity contribution in [1.82, 2.24) is 10.3 Å². The minimum Gasteiger partial charge on any atom is -0.506 e. The number of hydrogen-bond donors (Lipinski definition) is 2. The average molecular weight is 559 g/mol. The fraction of sp³-hybridized carbons (Fsp3) is 0.226. The van der Waals surface area contributed by atoms with Crippen LogP contribution in [0, 0.1) is 0 Å². The average Bonchev–Trinajstić information content (AvgIpc) is 2.99. The lowest BCUT2D eigenvalue weighted by Gasteiger charge is -2.36. The van der Waals surface area contributed by atoms with Gasteiger partial charge in [0, 0.05) is 61.0 Å². The van der Waals surface area contributed by atoms with Crippen LogP contribution in [-0.2, 0) is 0 Å². The Hall–Kier alpha value is -4.27. The number of nitrogens with one attached hydrogen (secondary N) is 1. The molecule has 4 aromatic carbocycles. The Morgan fingerprint density at radius 1 is 1.00 bits per heavy atom. The summed E-state index contributed by atoms with van der Waals surface area (Å²) >= 11 is 5.90. The van der Waals surface area contributed by atoms with E-state index in [-0.39, 0.29) is 10.8 Å². The molecular formula is C31H31ClN4O4. The van der Waals surface area contributed by atoms with Gasteiger partial charge in [-0.25, -0.2) is 5.43 Å². The van der Waals surface area contributed by atoms with Crippen LogP contribution >= 0.6 is 11.6 Å². The highest BCUT2D eigenvalue weighted by Crippen LogP contribution is 2.28. The topological polar surface area (TPSA) is 86.6 Å². The van der Waals surface area contributed by atoms with E-state index < -0.39 is 5.91 Å². The van der Waals surface area contributed by atoms with Gasteiger partial charge in [-0.3, -0.25) is 9.69 Å². The summed E-state index contributed by atoms with van der Waals surface area (Å²) in [5, 5.41) is 15.7. The molecule has 0 saturated carbocycles. The van der Waals surface area contributed by atoms with Gasteiger partial charge in [0.1, 0.15) is 23.9 Å². The van der Waals surface area contributed by atoms with Gasteiger partial charge in [0.25, 0.3) is 5.91 Å². The number of benzene rings is 4. The van der Waals surface area contributed by atoms with Gasteiger partial charge in [0.05, 0.1) is 18.3 Å². The lowest BCUT2D eigenvalue weighted by molar-refractivity contribution is 0.0955. The first-order valence-corrected chi connectivity index (χ1v) is 13.5. The number of hydrazone groups is 1. The second-order valence-corrected chi connectivity index (χ2v) is 9.85. The van der Waals surface area contributed by atoms with Crippen LogP contribution in [0.5, 0.6) is 17.2 Å². The Morgan fingerprint density at radius 3 is 2.58 bits per heavy atom. The van der Waals surface area contributed by atoms with Crippen molar-refractivity contribution in [3.63, 3.8) is 0 Å². The normalized spacial score (nSPS) is 14.0. The van der Waals surface area contributed by atoms with E-state index in [1.54, 1.807) is 13.3 Å². The molecule has 1 aliphatic rings. The van der Waals surface area contributed by atoms with Crippen LogP contribution in [0.25, 0.3) is 10.8 Å². The number of carbonyl (C=O) groups excluding carboxylic acids is 1. The van der Waals surface area contributed by atoms with Crippen molar-refractivity contribution in [2.75, 3.05) is 51.3 Å². The first-order valence-electron chi connectivity index (χ1n) is 13.1. The monoisotopic (exact) mass is 558 g/mol. The van der Waals surface area contributed by atoms with Crippen LogP contribution in [-0.4, -0.2) is 68.6 Å². The molecule has 0 radical (unpaired) electrons. The molecule has 0 spiro atoms. The molecule has 2 N–H and O–H groups in total. The number of phenolic OH excluding ortho intramolecular Hbond substituents is 1. The first-order chi connectivity index (χ1) is 19.5. The lowest BCUT2D eigenvalue weighted by Crippen LogP contribution is -2.47. The first kappa shape index (κ1) is 27.3. The number of carbonyl (C=O) groups is 1. The molecule has 1 amide bonds. The molecule has 40 heavy (non-hydrogen) atoms. The minimum atomic E-state index is -0.424. The van der Waals surface area contributed by atoms with Gasteiger partial charge >= 0.3 is 0 Å². The SMILES string of the molecule is COc1cccc(N2CCN(CCOc3ccc(/C=N/NC(=O)c4ccc(O)c(Cl)c4)c4ccccc34)CC2)c1. The molecule has 1 heterocycles. The largest absolute Gasteiger partial charge is 0.506 e. The van der Waals surface area contributed by atoms with Gasteiger partial charge in [0.2, 0.25) is 0 Å². The zero-order chi connectivity index (χ0) is 27.9. The molecule has 1 fully saturated rings. The van der Waals surface area contributed by atoms with E-state index in [2.05, 4.69) is 32.5 Å². The predicted molar refractivity (Wildman–Crippen MR) is 159 cm³/mol. The molecule has 1 aliphatic heterocycles. The maximum atomic E-state index is 12.4. The number of anilines is 1. The smallest absolute Gasteiger partial charge is 0.271 e. The Labute approximate surface area is 238 Å². The van der Waals surface area contributed by atoms with E-state index in [1.807, 2.05) is 48.5 Å². The van der Waals surface area contributed by atoms with Crippen molar-refractivity contribution in [3.05, 3.63) is 95.0 Å². The van der Waals surface area contributed by atoms with E-state index in [0.29, 0.717) is 12.2 Å². The molecule has 5 rings (SSSR count). The number of amides is 1. The summed E-state index contributed by atoms with van der Waals surface area (Å²) in [5.74, 6) is 1.18. The highest BCUT2D eigenvalue weighted by Gasteiger charge is 2.18. The van der Waals surface area contributed by atoms with Crippen molar-refractivity contribution in [2.24, 2.45) is 5.10 Å². The fourth-order valence-electron chi connectivity index (χ4n) is 4.73. The second-order valence-electron chi connectivity index (χ2n) is 9.44. The van der Waals surface area contributed by atoms with E-state index in [4.69, 9.17) is 21.1 Å². The van der Waals surface area contributed by atoms with Crippen LogP contribution < -0.4 is 19.8 Å². The third kappa shape index (κ3) is 6.47. The number of fused-ring (bicyclic) bond motifs is 1. The number of halogens is 1. The number of ether oxygens (including phenoxy) is 2. The van der Waals surface area contributed by atoms with Crippen molar-refractivity contribution in [1.29, 1.82) is 0 Å². The van der Waals surface area contributed by atoms with Gasteiger partial charge in [0.15, 0.2) is 0 Å². The summed E-state index contributed by atoms with van der Waals surface area (Å²) < 4.78 is 11.6. The van der Waals surface area contributed by atoms with Crippen molar-refractivity contribution >= 4 is 40.2 Å². The predicted octanol–water partition coefficient (Wildman–Crippen LogP) is 5.17. The van der Waals surface area contributed by atoms with Gasteiger partial charge in [-0.05, 0) is 47.9 Å². The third-order valence-corrected chi connectivity index (χ3v) is 7.26. The molecule has 0 atom stereocenters. The van der Waals surface area contributed by atoms with Crippen molar-refractivity contribution in [3.8, 4) is 17.2 Å². The summed E-state index contributed by atoms with van der Waals surface area (Å²) in [4.78, 5) is 17.2. The molecule has 0 aliphatic carbocycles. The molecule has 4 aromatic rings. The molecule has 0 aromatic heterocycles. The molecule has 0 unspecified atom stereocenters. The molecule has 1 saturated heterocycles. The Bertz CT molecular complexity index is 1520.